The maximum Gasteiger partial charge on any atom is 0.323 e. The van der Waals surface area contributed by atoms with Crippen LogP contribution in [0, 0.1) is 0 Å². The number of tetrazole rings is 1. The highest BCUT2D eigenvalue weighted by molar-refractivity contribution is 7.99. The predicted molar refractivity (Wildman–Crippen MR) is 73.6 cm³/mol. The summed E-state index contributed by atoms with van der Waals surface area (Å²) in [5, 5.41) is 25.6. The fraction of sp³-hybridized carbons (Fsp3) is 0.833. The molecular weight excluding hydrogens is 278 g/mol. The maximum atomic E-state index is 11.5. The second-order valence-corrected chi connectivity index (χ2v) is 6.80. The largest absolute Gasteiger partial charge is 0.480 e. The van der Waals surface area contributed by atoms with Crippen molar-refractivity contribution in [2.75, 3.05) is 6.54 Å². The Hall–Kier alpha value is -1.15. The van der Waals surface area contributed by atoms with Gasteiger partial charge in [0.25, 0.3) is 0 Å². The number of aromatic nitrogens is 4. The van der Waals surface area contributed by atoms with E-state index in [0.717, 1.165) is 24.4 Å². The molecule has 8 heteroatoms. The number of likely N-dealkylation sites (N-methyl/N-ethyl adjacent to an activating group) is 1. The van der Waals surface area contributed by atoms with E-state index in [1.54, 1.807) is 11.8 Å². The van der Waals surface area contributed by atoms with E-state index in [-0.39, 0.29) is 5.25 Å². The summed E-state index contributed by atoms with van der Waals surface area (Å²) < 4.78 is 1.89. The third kappa shape index (κ3) is 2.54. The molecule has 0 saturated heterocycles. The van der Waals surface area contributed by atoms with E-state index in [4.69, 9.17) is 0 Å². The van der Waals surface area contributed by atoms with Crippen molar-refractivity contribution >= 4 is 17.7 Å². The minimum atomic E-state index is -0.774. The van der Waals surface area contributed by atoms with Crippen molar-refractivity contribution in [1.29, 1.82) is 0 Å². The summed E-state index contributed by atoms with van der Waals surface area (Å²) in [5.74, 6) is -0.746. The highest BCUT2D eigenvalue weighted by atomic mass is 32.2. The van der Waals surface area contributed by atoms with Crippen LogP contribution in [-0.4, -0.2) is 48.6 Å². The van der Waals surface area contributed by atoms with Crippen molar-refractivity contribution in [1.82, 2.24) is 25.5 Å². The molecule has 7 nitrogen and oxygen atoms in total. The number of carbonyl (C=O) groups is 1. The molecular formula is C12H19N5O2S. The Morgan fingerprint density at radius 3 is 3.00 bits per heavy atom. The lowest BCUT2D eigenvalue weighted by molar-refractivity contribution is -0.144. The molecule has 0 radical (unpaired) electrons. The highest BCUT2D eigenvalue weighted by Gasteiger charge is 2.45. The normalized spacial score (nSPS) is 29.8. The van der Waals surface area contributed by atoms with Crippen LogP contribution < -0.4 is 5.32 Å². The average molecular weight is 297 g/mol. The maximum absolute atomic E-state index is 11.5. The lowest BCUT2D eigenvalue weighted by Gasteiger charge is -2.25. The Balaban J connectivity index is 1.67. The number of carboxylic acids is 1. The summed E-state index contributed by atoms with van der Waals surface area (Å²) in [4.78, 5) is 11.5. The number of hydrogen-bond acceptors (Lipinski definition) is 6. The van der Waals surface area contributed by atoms with Gasteiger partial charge in [-0.05, 0) is 49.1 Å². The molecule has 20 heavy (non-hydrogen) atoms. The van der Waals surface area contributed by atoms with Gasteiger partial charge in [-0.3, -0.25) is 4.79 Å². The number of nitrogens with zero attached hydrogens (tertiary/aromatic N) is 4. The first-order valence-electron chi connectivity index (χ1n) is 7.07. The molecule has 0 amide bonds. The van der Waals surface area contributed by atoms with Crippen LogP contribution in [0.2, 0.25) is 0 Å². The van der Waals surface area contributed by atoms with Crippen LogP contribution in [-0.2, 0) is 4.79 Å². The van der Waals surface area contributed by atoms with Gasteiger partial charge in [-0.2, -0.15) is 0 Å². The monoisotopic (exact) mass is 297 g/mol. The van der Waals surface area contributed by atoms with Gasteiger partial charge >= 0.3 is 5.97 Å². The molecule has 2 atom stereocenters. The number of aliphatic carboxylic acids is 1. The molecule has 2 N–H and O–H groups in total. The third-order valence-corrected chi connectivity index (χ3v) is 5.24. The second kappa shape index (κ2) is 5.33. The summed E-state index contributed by atoms with van der Waals surface area (Å²) in [5.41, 5.74) is -0.774. The van der Waals surface area contributed by atoms with Gasteiger partial charge in [-0.25, -0.2) is 4.68 Å². The molecule has 1 aromatic heterocycles. The first-order valence-corrected chi connectivity index (χ1v) is 7.95. The Kier molecular flexibility index (Phi) is 3.68. The van der Waals surface area contributed by atoms with E-state index in [2.05, 4.69) is 20.8 Å². The SMILES string of the molecule is CCNC1(C(=O)O)CCC(Sc2nnnn2C2CC2)C1. The minimum Gasteiger partial charge on any atom is -0.480 e. The van der Waals surface area contributed by atoms with Crippen LogP contribution in [0.3, 0.4) is 0 Å². The van der Waals surface area contributed by atoms with Crippen LogP contribution in [0.25, 0.3) is 0 Å². The highest BCUT2D eigenvalue weighted by Crippen LogP contribution is 2.42. The molecule has 0 spiro atoms. The van der Waals surface area contributed by atoms with Crippen molar-refractivity contribution in [3.05, 3.63) is 0 Å². The molecule has 2 aliphatic carbocycles. The Labute approximate surface area is 121 Å². The van der Waals surface area contributed by atoms with Gasteiger partial charge in [0.1, 0.15) is 5.54 Å². The predicted octanol–water partition coefficient (Wildman–Crippen LogP) is 1.09. The average Bonchev–Trinajstić information content (AvgIpc) is 3.02. The van der Waals surface area contributed by atoms with Gasteiger partial charge < -0.3 is 10.4 Å². The molecule has 2 saturated carbocycles. The zero-order valence-corrected chi connectivity index (χ0v) is 12.3. The molecule has 2 aliphatic rings. The Bertz CT molecular complexity index is 504. The molecule has 0 aromatic carbocycles. The quantitative estimate of drug-likeness (QED) is 0.811. The fourth-order valence-electron chi connectivity index (χ4n) is 2.83. The van der Waals surface area contributed by atoms with E-state index < -0.39 is 11.5 Å². The van der Waals surface area contributed by atoms with E-state index >= 15 is 0 Å². The third-order valence-electron chi connectivity index (χ3n) is 4.02. The van der Waals surface area contributed by atoms with E-state index in [1.165, 1.54) is 0 Å². The fourth-order valence-corrected chi connectivity index (χ4v) is 4.11. The summed E-state index contributed by atoms with van der Waals surface area (Å²) in [6.45, 7) is 2.61. The number of thioether (sulfide) groups is 1. The number of nitrogens with one attached hydrogen (secondary N) is 1. The van der Waals surface area contributed by atoms with Crippen molar-refractivity contribution in [3.8, 4) is 0 Å². The minimum absolute atomic E-state index is 0.258. The van der Waals surface area contributed by atoms with E-state index in [0.29, 0.717) is 25.4 Å². The zero-order chi connectivity index (χ0) is 14.2. The van der Waals surface area contributed by atoms with Crippen molar-refractivity contribution < 1.29 is 9.90 Å². The van der Waals surface area contributed by atoms with Crippen molar-refractivity contribution in [2.45, 2.75) is 61.0 Å². The van der Waals surface area contributed by atoms with Gasteiger partial charge in [0.2, 0.25) is 5.16 Å². The van der Waals surface area contributed by atoms with Gasteiger partial charge in [0, 0.05) is 5.25 Å². The summed E-state index contributed by atoms with van der Waals surface area (Å²) in [6, 6.07) is 0.451. The lowest BCUT2D eigenvalue weighted by Crippen LogP contribution is -2.50. The van der Waals surface area contributed by atoms with Gasteiger partial charge in [0.05, 0.1) is 6.04 Å². The molecule has 2 unspecified atom stereocenters. The zero-order valence-electron chi connectivity index (χ0n) is 11.4. The number of carboxylic acid groups (broad SMARTS) is 1. The Morgan fingerprint density at radius 1 is 1.55 bits per heavy atom. The molecule has 0 bridgehead atoms. The van der Waals surface area contributed by atoms with Gasteiger partial charge in [-0.1, -0.05) is 18.7 Å². The topological polar surface area (TPSA) is 92.9 Å². The Morgan fingerprint density at radius 2 is 2.35 bits per heavy atom. The summed E-state index contributed by atoms with van der Waals surface area (Å²) >= 11 is 1.62. The molecule has 3 rings (SSSR count). The van der Waals surface area contributed by atoms with E-state index in [1.807, 2.05) is 11.6 Å². The molecule has 0 aliphatic heterocycles. The standard InChI is InChI=1S/C12H19N5O2S/c1-2-13-12(10(18)19)6-5-9(7-12)20-11-14-15-16-17(11)8-3-4-8/h8-9,13H,2-7H2,1H3,(H,18,19). The van der Waals surface area contributed by atoms with Gasteiger partial charge in [0.15, 0.2) is 0 Å². The second-order valence-electron chi connectivity index (χ2n) is 5.54. The molecule has 1 aromatic rings. The van der Waals surface area contributed by atoms with Crippen LogP contribution >= 0.6 is 11.8 Å². The van der Waals surface area contributed by atoms with Crippen LogP contribution in [0.1, 0.15) is 45.1 Å². The number of rotatable bonds is 6. The lowest BCUT2D eigenvalue weighted by atomic mass is 9.98. The summed E-state index contributed by atoms with van der Waals surface area (Å²) in [7, 11) is 0. The first kappa shape index (κ1) is 13.8. The van der Waals surface area contributed by atoms with Crippen molar-refractivity contribution in [2.24, 2.45) is 0 Å². The summed E-state index contributed by atoms with van der Waals surface area (Å²) in [6.07, 6.45) is 4.44. The van der Waals surface area contributed by atoms with Crippen LogP contribution in [0.15, 0.2) is 5.16 Å². The van der Waals surface area contributed by atoms with Crippen LogP contribution in [0.5, 0.6) is 0 Å². The van der Waals surface area contributed by atoms with Crippen molar-refractivity contribution in [3.63, 3.8) is 0 Å². The molecule has 2 fully saturated rings. The molecule has 110 valence electrons. The molecule has 1 heterocycles. The van der Waals surface area contributed by atoms with Crippen LogP contribution in [0.4, 0.5) is 0 Å². The van der Waals surface area contributed by atoms with E-state index in [9.17, 15) is 9.90 Å². The first-order chi connectivity index (χ1) is 9.64. The smallest absolute Gasteiger partial charge is 0.323 e. The number of hydrogen-bond donors (Lipinski definition) is 2. The van der Waals surface area contributed by atoms with Gasteiger partial charge in [-0.15, -0.1) is 5.10 Å².